The van der Waals surface area contributed by atoms with Gasteiger partial charge in [0.2, 0.25) is 0 Å². The zero-order chi connectivity index (χ0) is 20.6. The predicted molar refractivity (Wildman–Crippen MR) is 106 cm³/mol. The van der Waals surface area contributed by atoms with Crippen LogP contribution in [-0.2, 0) is 33.4 Å². The van der Waals surface area contributed by atoms with Gasteiger partial charge < -0.3 is 9.47 Å². The minimum Gasteiger partial charge on any atom is -0.491 e. The van der Waals surface area contributed by atoms with E-state index in [1.807, 2.05) is 6.92 Å². The second kappa shape index (κ2) is 10.4. The standard InChI is InChI=1S/C19H22ClN3O4S/c1-3-7-27-19-15(11-21)9-14(10-17(19)20)5-8-26-12-16-4-6-22-18(23-16)13-28(2,24)25/h4,6,9-10H,3,5,7-8,12-13H2,1-2H3. The maximum Gasteiger partial charge on any atom is 0.155 e. The molecule has 150 valence electrons. The Bertz CT molecular complexity index is 958. The molecule has 0 radical (unpaired) electrons. The summed E-state index contributed by atoms with van der Waals surface area (Å²) in [6.07, 6.45) is 4.04. The molecule has 0 aliphatic heterocycles. The van der Waals surface area contributed by atoms with E-state index in [-0.39, 0.29) is 18.2 Å². The van der Waals surface area contributed by atoms with E-state index in [0.717, 1.165) is 18.2 Å². The van der Waals surface area contributed by atoms with Crippen molar-refractivity contribution in [1.29, 1.82) is 5.26 Å². The second-order valence-electron chi connectivity index (χ2n) is 6.25. The number of aromatic nitrogens is 2. The Hall–Kier alpha value is -2.21. The summed E-state index contributed by atoms with van der Waals surface area (Å²) in [5.74, 6) is 0.453. The smallest absolute Gasteiger partial charge is 0.155 e. The van der Waals surface area contributed by atoms with E-state index in [9.17, 15) is 13.7 Å². The molecule has 0 fully saturated rings. The molecule has 7 nitrogen and oxygen atoms in total. The van der Waals surface area contributed by atoms with Crippen LogP contribution in [-0.4, -0.2) is 37.9 Å². The molecule has 0 bridgehead atoms. The summed E-state index contributed by atoms with van der Waals surface area (Å²) < 4.78 is 33.8. The van der Waals surface area contributed by atoms with Crippen molar-refractivity contribution in [2.45, 2.75) is 32.1 Å². The highest BCUT2D eigenvalue weighted by Gasteiger charge is 2.11. The molecular formula is C19H22ClN3O4S. The molecule has 0 unspecified atom stereocenters. The highest BCUT2D eigenvalue weighted by Crippen LogP contribution is 2.30. The van der Waals surface area contributed by atoms with Gasteiger partial charge in [0.25, 0.3) is 0 Å². The summed E-state index contributed by atoms with van der Waals surface area (Å²) in [5, 5.41) is 9.72. The first-order valence-corrected chi connectivity index (χ1v) is 11.2. The van der Waals surface area contributed by atoms with E-state index in [4.69, 9.17) is 21.1 Å². The van der Waals surface area contributed by atoms with Crippen molar-refractivity contribution in [1.82, 2.24) is 9.97 Å². The SMILES string of the molecule is CCCOc1c(Cl)cc(CCOCc2ccnc(CS(C)(=O)=O)n2)cc1C#N. The fourth-order valence-corrected chi connectivity index (χ4v) is 3.32. The number of benzene rings is 1. The van der Waals surface area contributed by atoms with Gasteiger partial charge in [-0.2, -0.15) is 5.26 Å². The third-order valence-corrected chi connectivity index (χ3v) is 4.68. The normalized spacial score (nSPS) is 11.2. The molecule has 0 amide bonds. The van der Waals surface area contributed by atoms with Crippen molar-refractivity contribution < 1.29 is 17.9 Å². The van der Waals surface area contributed by atoms with Crippen LogP contribution >= 0.6 is 11.6 Å². The van der Waals surface area contributed by atoms with Gasteiger partial charge in [0.15, 0.2) is 15.6 Å². The van der Waals surface area contributed by atoms with Crippen LogP contribution in [0.3, 0.4) is 0 Å². The van der Waals surface area contributed by atoms with E-state index < -0.39 is 9.84 Å². The number of hydrogen-bond acceptors (Lipinski definition) is 7. The monoisotopic (exact) mass is 423 g/mol. The third kappa shape index (κ3) is 7.08. The molecule has 0 aliphatic rings. The highest BCUT2D eigenvalue weighted by molar-refractivity contribution is 7.89. The fraction of sp³-hybridized carbons (Fsp3) is 0.421. The third-order valence-electron chi connectivity index (χ3n) is 3.61. The fourth-order valence-electron chi connectivity index (χ4n) is 2.42. The number of nitriles is 1. The molecule has 28 heavy (non-hydrogen) atoms. The lowest BCUT2D eigenvalue weighted by Crippen LogP contribution is -2.08. The van der Waals surface area contributed by atoms with Crippen LogP contribution in [0.15, 0.2) is 24.4 Å². The molecular weight excluding hydrogens is 402 g/mol. The number of nitrogens with zero attached hydrogens (tertiary/aromatic N) is 3. The molecule has 2 aromatic rings. The van der Waals surface area contributed by atoms with Crippen molar-refractivity contribution in [2.24, 2.45) is 0 Å². The molecule has 2 rings (SSSR count). The Kier molecular flexibility index (Phi) is 8.18. The van der Waals surface area contributed by atoms with Crippen molar-refractivity contribution in [2.75, 3.05) is 19.5 Å². The first kappa shape index (κ1) is 22.1. The number of rotatable bonds is 10. The van der Waals surface area contributed by atoms with Crippen molar-refractivity contribution in [3.63, 3.8) is 0 Å². The molecule has 0 N–H and O–H groups in total. The van der Waals surface area contributed by atoms with E-state index in [0.29, 0.717) is 41.7 Å². The molecule has 1 aromatic carbocycles. The highest BCUT2D eigenvalue weighted by atomic mass is 35.5. The largest absolute Gasteiger partial charge is 0.491 e. The van der Waals surface area contributed by atoms with Crippen molar-refractivity contribution in [3.8, 4) is 11.8 Å². The van der Waals surface area contributed by atoms with Crippen LogP contribution < -0.4 is 4.74 Å². The Balaban J connectivity index is 1.93. The summed E-state index contributed by atoms with van der Waals surface area (Å²) in [6.45, 7) is 3.10. The van der Waals surface area contributed by atoms with Gasteiger partial charge in [-0.05, 0) is 36.6 Å². The second-order valence-corrected chi connectivity index (χ2v) is 8.80. The minimum absolute atomic E-state index is 0.206. The number of halogens is 1. The van der Waals surface area contributed by atoms with Crippen LogP contribution in [0.25, 0.3) is 0 Å². The quantitative estimate of drug-likeness (QED) is 0.541. The molecule has 0 atom stereocenters. The topological polar surface area (TPSA) is 102 Å². The lowest BCUT2D eigenvalue weighted by molar-refractivity contribution is 0.121. The zero-order valence-electron chi connectivity index (χ0n) is 15.8. The summed E-state index contributed by atoms with van der Waals surface area (Å²) >= 11 is 6.24. The first-order valence-electron chi connectivity index (χ1n) is 8.74. The van der Waals surface area contributed by atoms with E-state index in [1.54, 1.807) is 18.2 Å². The maximum atomic E-state index is 11.3. The van der Waals surface area contributed by atoms with Crippen LogP contribution in [0.1, 0.15) is 36.0 Å². The molecule has 1 heterocycles. The van der Waals surface area contributed by atoms with Crippen LogP contribution in [0, 0.1) is 11.3 Å². The van der Waals surface area contributed by atoms with Gasteiger partial charge in [-0.15, -0.1) is 0 Å². The molecule has 9 heteroatoms. The first-order chi connectivity index (χ1) is 13.3. The maximum absolute atomic E-state index is 11.3. The van der Waals surface area contributed by atoms with Gasteiger partial charge in [0.1, 0.15) is 17.6 Å². The lowest BCUT2D eigenvalue weighted by atomic mass is 10.1. The van der Waals surface area contributed by atoms with Gasteiger partial charge in [-0.1, -0.05) is 18.5 Å². The van der Waals surface area contributed by atoms with Gasteiger partial charge in [0, 0.05) is 12.5 Å². The Labute approximate surface area is 170 Å². The summed E-state index contributed by atoms with van der Waals surface area (Å²) in [6, 6.07) is 7.30. The lowest BCUT2D eigenvalue weighted by Gasteiger charge is -2.11. The average molecular weight is 424 g/mol. The van der Waals surface area contributed by atoms with E-state index in [2.05, 4.69) is 16.0 Å². The van der Waals surface area contributed by atoms with Crippen LogP contribution in [0.4, 0.5) is 0 Å². The van der Waals surface area contributed by atoms with Crippen molar-refractivity contribution in [3.05, 3.63) is 52.1 Å². The van der Waals surface area contributed by atoms with Crippen molar-refractivity contribution >= 4 is 21.4 Å². The van der Waals surface area contributed by atoms with Crippen LogP contribution in [0.2, 0.25) is 5.02 Å². The van der Waals surface area contributed by atoms with Gasteiger partial charge in [0.05, 0.1) is 36.1 Å². The Morgan fingerprint density at radius 2 is 2.07 bits per heavy atom. The molecule has 0 saturated carbocycles. The Morgan fingerprint density at radius 1 is 1.29 bits per heavy atom. The van der Waals surface area contributed by atoms with Crippen LogP contribution in [0.5, 0.6) is 5.75 Å². The predicted octanol–water partition coefficient (Wildman–Crippen LogP) is 3.09. The number of hydrogen-bond donors (Lipinski definition) is 0. The minimum atomic E-state index is -3.19. The van der Waals surface area contributed by atoms with Gasteiger partial charge in [-0.25, -0.2) is 18.4 Å². The molecule has 0 saturated heterocycles. The van der Waals surface area contributed by atoms with Gasteiger partial charge >= 0.3 is 0 Å². The molecule has 0 aliphatic carbocycles. The molecule has 1 aromatic heterocycles. The zero-order valence-corrected chi connectivity index (χ0v) is 17.4. The average Bonchev–Trinajstić information content (AvgIpc) is 2.63. The van der Waals surface area contributed by atoms with E-state index in [1.165, 1.54) is 6.20 Å². The summed E-state index contributed by atoms with van der Waals surface area (Å²) in [4.78, 5) is 8.14. The summed E-state index contributed by atoms with van der Waals surface area (Å²) in [7, 11) is -3.19. The number of ether oxygens (including phenoxy) is 2. The van der Waals surface area contributed by atoms with Gasteiger partial charge in [-0.3, -0.25) is 0 Å². The Morgan fingerprint density at radius 3 is 2.75 bits per heavy atom. The number of sulfone groups is 1. The molecule has 0 spiro atoms. The van der Waals surface area contributed by atoms with E-state index >= 15 is 0 Å². The summed E-state index contributed by atoms with van der Waals surface area (Å²) in [5.41, 5.74) is 1.87.